The van der Waals surface area contributed by atoms with E-state index in [1.807, 2.05) is 0 Å². The number of benzene rings is 2. The van der Waals surface area contributed by atoms with E-state index < -0.39 is 30.8 Å². The molecule has 0 bridgehead atoms. The number of carbonyl (C=O) groups excluding carboxylic acids is 2. The van der Waals surface area contributed by atoms with Crippen molar-refractivity contribution in [2.75, 3.05) is 0 Å². The van der Waals surface area contributed by atoms with Crippen LogP contribution in [0, 0.1) is 5.82 Å². The van der Waals surface area contributed by atoms with Crippen molar-refractivity contribution in [1.29, 1.82) is 0 Å². The van der Waals surface area contributed by atoms with E-state index in [-0.39, 0.29) is 37.9 Å². The van der Waals surface area contributed by atoms with E-state index in [0.29, 0.717) is 0 Å². The van der Waals surface area contributed by atoms with Gasteiger partial charge in [-0.3, -0.25) is 0 Å². The van der Waals surface area contributed by atoms with Crippen molar-refractivity contribution < 1.29 is 41.7 Å². The molecule has 3 aromatic rings. The van der Waals surface area contributed by atoms with Crippen LogP contribution >= 0.6 is 27.5 Å². The maximum absolute atomic E-state index is 14.6. The number of halogens is 5. The number of aromatic nitrogens is 2. The van der Waals surface area contributed by atoms with Crippen LogP contribution < -0.4 is 9.47 Å². The van der Waals surface area contributed by atoms with Gasteiger partial charge in [-0.15, -0.1) is 0 Å². The van der Waals surface area contributed by atoms with Gasteiger partial charge in [-0.1, -0.05) is 29.8 Å². The van der Waals surface area contributed by atoms with Crippen molar-refractivity contribution in [3.63, 3.8) is 0 Å². The zero-order chi connectivity index (χ0) is 25.0. The van der Waals surface area contributed by atoms with Gasteiger partial charge in [-0.25, -0.2) is 18.7 Å². The molecule has 0 aliphatic carbocycles. The lowest BCUT2D eigenvalue weighted by Crippen LogP contribution is -2.24. The Kier molecular flexibility index (Phi) is 8.05. The van der Waals surface area contributed by atoms with Crippen LogP contribution in [-0.2, 0) is 16.5 Å². The van der Waals surface area contributed by atoms with Gasteiger partial charge in [0.1, 0.15) is 21.7 Å². The Labute approximate surface area is 204 Å². The molecule has 0 radical (unpaired) electrons. The average Bonchev–Trinajstić information content (AvgIpc) is 3.02. The van der Waals surface area contributed by atoms with Crippen molar-refractivity contribution in [2.24, 2.45) is 7.05 Å². The van der Waals surface area contributed by atoms with Crippen molar-refractivity contribution >= 4 is 39.7 Å². The summed E-state index contributed by atoms with van der Waals surface area (Å²) >= 11 is 9.04. The summed E-state index contributed by atoms with van der Waals surface area (Å²) in [6.07, 6.45) is -2.51. The van der Waals surface area contributed by atoms with E-state index in [1.54, 1.807) is 18.2 Å². The summed E-state index contributed by atoms with van der Waals surface area (Å²) in [6, 6.07) is 9.90. The van der Waals surface area contributed by atoms with Crippen LogP contribution in [0.5, 0.6) is 11.6 Å². The minimum absolute atomic E-state index is 0.0730. The molecule has 3 rings (SSSR count). The fourth-order valence-corrected chi connectivity index (χ4v) is 3.61. The molecule has 0 saturated carbocycles. The molecule has 0 aliphatic heterocycles. The number of aryl methyl sites for hydroxylation is 1. The van der Waals surface area contributed by atoms with Crippen LogP contribution in [0.3, 0.4) is 0 Å². The second-order valence-electron chi connectivity index (χ2n) is 6.54. The third-order valence-corrected chi connectivity index (χ3v) is 5.18. The Hall–Kier alpha value is -3.25. The van der Waals surface area contributed by atoms with Crippen LogP contribution in [0.1, 0.15) is 17.3 Å². The number of rotatable bonds is 7. The van der Waals surface area contributed by atoms with Gasteiger partial charge in [-0.05, 0) is 40.2 Å². The fraction of sp³-hybridized carbons (Fsp3) is 0.190. The number of esters is 1. The third kappa shape index (κ3) is 6.00. The predicted molar refractivity (Wildman–Crippen MR) is 116 cm³/mol. The molecular formula is C21H15BrClF3N2O6. The maximum atomic E-state index is 14.6. The molecule has 1 unspecified atom stereocenters. The van der Waals surface area contributed by atoms with E-state index in [2.05, 4.69) is 25.8 Å². The van der Waals surface area contributed by atoms with Crippen molar-refractivity contribution in [3.05, 3.63) is 63.3 Å². The molecule has 8 nitrogen and oxygen atoms in total. The smallest absolute Gasteiger partial charge is 0.422 e. The standard InChI is InChI=1S/C21H15BrClF3N2O6/c1-10(32-21(30)33-11-6-4-3-5-7-11)31-19(29)12-8-13(15(24)9-14(12)23)17-16(22)18(28(2)27-17)34-20(25)26/h3-10,20H,1-2H3. The molecule has 0 aliphatic rings. The van der Waals surface area contributed by atoms with Crippen LogP contribution in [0.25, 0.3) is 11.3 Å². The first-order valence-electron chi connectivity index (χ1n) is 9.38. The second kappa shape index (κ2) is 10.8. The lowest BCUT2D eigenvalue weighted by Gasteiger charge is -2.15. The van der Waals surface area contributed by atoms with Gasteiger partial charge in [0.25, 0.3) is 0 Å². The first-order chi connectivity index (χ1) is 16.1. The number of alkyl halides is 2. The van der Waals surface area contributed by atoms with E-state index in [4.69, 9.17) is 25.8 Å². The monoisotopic (exact) mass is 562 g/mol. The minimum Gasteiger partial charge on any atom is -0.422 e. The number of carbonyl (C=O) groups is 2. The van der Waals surface area contributed by atoms with Crippen LogP contribution in [-0.4, -0.2) is 34.8 Å². The van der Waals surface area contributed by atoms with Crippen molar-refractivity contribution in [2.45, 2.75) is 19.8 Å². The van der Waals surface area contributed by atoms with Gasteiger partial charge >= 0.3 is 18.7 Å². The van der Waals surface area contributed by atoms with E-state index in [1.165, 1.54) is 26.1 Å². The number of para-hydroxylation sites is 1. The first kappa shape index (κ1) is 25.4. The van der Waals surface area contributed by atoms with Gasteiger partial charge in [0.15, 0.2) is 0 Å². The summed E-state index contributed by atoms with van der Waals surface area (Å²) in [7, 11) is 1.31. The van der Waals surface area contributed by atoms with E-state index in [9.17, 15) is 22.8 Å². The SMILES string of the molecule is CC(OC(=O)Oc1ccccc1)OC(=O)c1cc(-c2nn(C)c(OC(F)F)c2Br)c(F)cc1Cl. The Morgan fingerprint density at radius 2 is 1.82 bits per heavy atom. The highest BCUT2D eigenvalue weighted by Gasteiger charge is 2.26. The Bertz CT molecular complexity index is 1210. The summed E-state index contributed by atoms with van der Waals surface area (Å²) in [5.74, 6) is -2.09. The van der Waals surface area contributed by atoms with Gasteiger partial charge < -0.3 is 18.9 Å². The first-order valence-corrected chi connectivity index (χ1v) is 10.5. The summed E-state index contributed by atoms with van der Waals surface area (Å²) < 4.78 is 60.0. The van der Waals surface area contributed by atoms with Crippen LogP contribution in [0.4, 0.5) is 18.0 Å². The Balaban J connectivity index is 1.78. The Morgan fingerprint density at radius 3 is 2.47 bits per heavy atom. The maximum Gasteiger partial charge on any atom is 0.516 e. The van der Waals surface area contributed by atoms with Gasteiger partial charge in [0, 0.05) is 19.5 Å². The molecule has 0 N–H and O–H groups in total. The van der Waals surface area contributed by atoms with Crippen molar-refractivity contribution in [1.82, 2.24) is 9.78 Å². The number of hydrogen-bond acceptors (Lipinski definition) is 7. The number of nitrogens with zero attached hydrogens (tertiary/aromatic N) is 2. The molecular weight excluding hydrogens is 549 g/mol. The lowest BCUT2D eigenvalue weighted by molar-refractivity contribution is -0.0717. The zero-order valence-electron chi connectivity index (χ0n) is 17.4. The molecule has 0 saturated heterocycles. The van der Waals surface area contributed by atoms with E-state index in [0.717, 1.165) is 16.8 Å². The highest BCUT2D eigenvalue weighted by Crippen LogP contribution is 2.38. The average molecular weight is 564 g/mol. The summed E-state index contributed by atoms with van der Waals surface area (Å²) in [6.45, 7) is -1.89. The van der Waals surface area contributed by atoms with Gasteiger partial charge in [0.2, 0.25) is 12.2 Å². The van der Waals surface area contributed by atoms with Crippen LogP contribution in [0.15, 0.2) is 46.9 Å². The fourth-order valence-electron chi connectivity index (χ4n) is 2.74. The molecule has 1 aromatic heterocycles. The summed E-state index contributed by atoms with van der Waals surface area (Å²) in [4.78, 5) is 24.4. The topological polar surface area (TPSA) is 88.9 Å². The Morgan fingerprint density at radius 1 is 1.15 bits per heavy atom. The van der Waals surface area contributed by atoms with Crippen molar-refractivity contribution in [3.8, 4) is 22.9 Å². The quantitative estimate of drug-likeness (QED) is 0.199. The molecule has 0 fully saturated rings. The lowest BCUT2D eigenvalue weighted by atomic mass is 10.1. The number of ether oxygens (including phenoxy) is 4. The zero-order valence-corrected chi connectivity index (χ0v) is 19.8. The predicted octanol–water partition coefficient (Wildman–Crippen LogP) is 5.96. The second-order valence-corrected chi connectivity index (χ2v) is 7.74. The third-order valence-electron chi connectivity index (χ3n) is 4.15. The normalized spacial score (nSPS) is 11.8. The highest BCUT2D eigenvalue weighted by atomic mass is 79.9. The minimum atomic E-state index is -3.14. The largest absolute Gasteiger partial charge is 0.516 e. The molecule has 1 heterocycles. The molecule has 180 valence electrons. The molecule has 34 heavy (non-hydrogen) atoms. The molecule has 2 aromatic carbocycles. The summed E-state index contributed by atoms with van der Waals surface area (Å²) in [5.41, 5.74) is -0.670. The van der Waals surface area contributed by atoms with Crippen LogP contribution in [0.2, 0.25) is 5.02 Å². The molecule has 0 amide bonds. The van der Waals surface area contributed by atoms with Gasteiger partial charge in [0.05, 0.1) is 10.6 Å². The van der Waals surface area contributed by atoms with E-state index >= 15 is 0 Å². The summed E-state index contributed by atoms with van der Waals surface area (Å²) in [5, 5.41) is 3.65. The molecule has 13 heteroatoms. The molecule has 1 atom stereocenters. The molecule has 0 spiro atoms. The highest BCUT2D eigenvalue weighted by molar-refractivity contribution is 9.10. The number of hydrogen-bond donors (Lipinski definition) is 0. The van der Waals surface area contributed by atoms with Gasteiger partial charge in [-0.2, -0.15) is 13.9 Å².